The molecule has 0 bridgehead atoms. The first-order chi connectivity index (χ1) is 8.13. The van der Waals surface area contributed by atoms with Crippen LogP contribution in [0.3, 0.4) is 0 Å². The lowest BCUT2D eigenvalue weighted by atomic mass is 10.0. The van der Waals surface area contributed by atoms with E-state index in [2.05, 4.69) is 5.32 Å². The van der Waals surface area contributed by atoms with E-state index < -0.39 is 12.0 Å². The molecular weight excluding hydrogens is 238 g/mol. The number of carboxylic acids is 1. The van der Waals surface area contributed by atoms with Gasteiger partial charge in [-0.1, -0.05) is 12.8 Å². The lowest BCUT2D eigenvalue weighted by molar-refractivity contribution is -0.142. The van der Waals surface area contributed by atoms with Gasteiger partial charge >= 0.3 is 5.97 Å². The highest BCUT2D eigenvalue weighted by Crippen LogP contribution is 2.27. The molecular formula is C12H21NO3S. The van der Waals surface area contributed by atoms with E-state index in [1.807, 2.05) is 6.26 Å². The molecule has 1 aliphatic carbocycles. The first-order valence-electron chi connectivity index (χ1n) is 6.14. The van der Waals surface area contributed by atoms with Gasteiger partial charge in [-0.3, -0.25) is 4.79 Å². The molecule has 1 unspecified atom stereocenters. The van der Waals surface area contributed by atoms with Crippen LogP contribution in [-0.2, 0) is 9.59 Å². The number of carbonyl (C=O) groups is 2. The van der Waals surface area contributed by atoms with Gasteiger partial charge < -0.3 is 10.4 Å². The Labute approximate surface area is 107 Å². The molecule has 17 heavy (non-hydrogen) atoms. The summed E-state index contributed by atoms with van der Waals surface area (Å²) in [6.45, 7) is 0. The lowest BCUT2D eigenvalue weighted by Gasteiger charge is -2.15. The lowest BCUT2D eigenvalue weighted by Crippen LogP contribution is -2.41. The molecule has 0 aromatic rings. The van der Waals surface area contributed by atoms with Gasteiger partial charge in [0.2, 0.25) is 5.91 Å². The zero-order chi connectivity index (χ0) is 12.7. The highest BCUT2D eigenvalue weighted by molar-refractivity contribution is 7.98. The van der Waals surface area contributed by atoms with Crippen LogP contribution in [0.5, 0.6) is 0 Å². The number of thioether (sulfide) groups is 1. The van der Waals surface area contributed by atoms with Crippen LogP contribution in [0.2, 0.25) is 0 Å². The van der Waals surface area contributed by atoms with Crippen LogP contribution in [-0.4, -0.2) is 35.0 Å². The smallest absolute Gasteiger partial charge is 0.326 e. The fourth-order valence-electron chi connectivity index (χ4n) is 2.22. The SMILES string of the molecule is CSCCC(NC(=O)CC1CCCC1)C(=O)O. The molecule has 2 N–H and O–H groups in total. The summed E-state index contributed by atoms with van der Waals surface area (Å²) in [5.74, 6) is 0.176. The molecule has 1 fully saturated rings. The average Bonchev–Trinajstić information content (AvgIpc) is 2.76. The van der Waals surface area contributed by atoms with Gasteiger partial charge in [-0.25, -0.2) is 4.79 Å². The Hall–Kier alpha value is -0.710. The number of hydrogen-bond donors (Lipinski definition) is 2. The van der Waals surface area contributed by atoms with Gasteiger partial charge in [0.05, 0.1) is 0 Å². The maximum absolute atomic E-state index is 11.7. The monoisotopic (exact) mass is 259 g/mol. The number of amides is 1. The summed E-state index contributed by atoms with van der Waals surface area (Å²) in [5.41, 5.74) is 0. The summed E-state index contributed by atoms with van der Waals surface area (Å²) >= 11 is 1.59. The van der Waals surface area contributed by atoms with E-state index in [-0.39, 0.29) is 5.91 Å². The Morgan fingerprint density at radius 1 is 1.41 bits per heavy atom. The van der Waals surface area contributed by atoms with Crippen LogP contribution >= 0.6 is 11.8 Å². The van der Waals surface area contributed by atoms with Crippen LogP contribution in [0, 0.1) is 5.92 Å². The molecule has 0 aliphatic heterocycles. The minimum atomic E-state index is -0.932. The van der Waals surface area contributed by atoms with Gasteiger partial charge in [-0.15, -0.1) is 0 Å². The highest BCUT2D eigenvalue weighted by atomic mass is 32.2. The zero-order valence-corrected chi connectivity index (χ0v) is 11.1. The molecule has 1 atom stereocenters. The van der Waals surface area contributed by atoms with E-state index in [4.69, 9.17) is 5.11 Å². The van der Waals surface area contributed by atoms with E-state index in [0.29, 0.717) is 18.8 Å². The van der Waals surface area contributed by atoms with Crippen LogP contribution in [0.1, 0.15) is 38.5 Å². The van der Waals surface area contributed by atoms with Crippen molar-refractivity contribution in [3.63, 3.8) is 0 Å². The molecule has 0 saturated heterocycles. The molecule has 0 heterocycles. The number of nitrogens with one attached hydrogen (secondary N) is 1. The molecule has 1 aliphatic rings. The van der Waals surface area contributed by atoms with Crippen LogP contribution in [0.4, 0.5) is 0 Å². The standard InChI is InChI=1S/C12H21NO3S/c1-17-7-6-10(12(15)16)13-11(14)8-9-4-2-3-5-9/h9-10H,2-8H2,1H3,(H,13,14)(H,15,16). The van der Waals surface area contributed by atoms with E-state index in [1.165, 1.54) is 12.8 Å². The predicted molar refractivity (Wildman–Crippen MR) is 69.1 cm³/mol. The van der Waals surface area contributed by atoms with E-state index in [1.54, 1.807) is 11.8 Å². The normalized spacial score (nSPS) is 17.9. The number of carbonyl (C=O) groups excluding carboxylic acids is 1. The van der Waals surface area contributed by atoms with Gasteiger partial charge in [0.25, 0.3) is 0 Å². The molecule has 4 nitrogen and oxygen atoms in total. The second-order valence-electron chi connectivity index (χ2n) is 4.59. The average molecular weight is 259 g/mol. The van der Waals surface area contributed by atoms with Gasteiger partial charge in [0, 0.05) is 6.42 Å². The second-order valence-corrected chi connectivity index (χ2v) is 5.58. The second kappa shape index (κ2) is 7.58. The van der Waals surface area contributed by atoms with Crippen molar-refractivity contribution in [2.75, 3.05) is 12.0 Å². The van der Waals surface area contributed by atoms with Gasteiger partial charge in [0.1, 0.15) is 6.04 Å². The maximum atomic E-state index is 11.7. The van der Waals surface area contributed by atoms with Crippen molar-refractivity contribution in [2.45, 2.75) is 44.6 Å². The minimum absolute atomic E-state index is 0.106. The third kappa shape index (κ3) is 5.44. The summed E-state index contributed by atoms with van der Waals surface area (Å²) < 4.78 is 0. The molecule has 5 heteroatoms. The van der Waals surface area contributed by atoms with Crippen LogP contribution < -0.4 is 5.32 Å². The number of aliphatic carboxylic acids is 1. The molecule has 0 radical (unpaired) electrons. The fraction of sp³-hybridized carbons (Fsp3) is 0.833. The van der Waals surface area contributed by atoms with Crippen molar-refractivity contribution in [3.8, 4) is 0 Å². The third-order valence-corrected chi connectivity index (χ3v) is 3.84. The highest BCUT2D eigenvalue weighted by Gasteiger charge is 2.23. The van der Waals surface area contributed by atoms with Gasteiger partial charge in [-0.05, 0) is 37.2 Å². The summed E-state index contributed by atoms with van der Waals surface area (Å²) in [5, 5.41) is 11.6. The molecule has 0 spiro atoms. The Balaban J connectivity index is 2.32. The number of hydrogen-bond acceptors (Lipinski definition) is 3. The molecule has 1 rings (SSSR count). The van der Waals surface area contributed by atoms with Crippen molar-refractivity contribution in [2.24, 2.45) is 5.92 Å². The Morgan fingerprint density at radius 2 is 2.06 bits per heavy atom. The molecule has 1 saturated carbocycles. The van der Waals surface area contributed by atoms with Gasteiger partial charge in [0.15, 0.2) is 0 Å². The zero-order valence-electron chi connectivity index (χ0n) is 10.3. The molecule has 0 aromatic heterocycles. The summed E-state index contributed by atoms with van der Waals surface area (Å²) in [6, 6.07) is -0.726. The largest absolute Gasteiger partial charge is 0.480 e. The van der Waals surface area contributed by atoms with Crippen molar-refractivity contribution in [1.29, 1.82) is 0 Å². The van der Waals surface area contributed by atoms with Gasteiger partial charge in [-0.2, -0.15) is 11.8 Å². The number of carboxylic acid groups (broad SMARTS) is 1. The fourth-order valence-corrected chi connectivity index (χ4v) is 2.69. The third-order valence-electron chi connectivity index (χ3n) is 3.19. The Bertz CT molecular complexity index is 264. The van der Waals surface area contributed by atoms with Crippen LogP contribution in [0.15, 0.2) is 0 Å². The van der Waals surface area contributed by atoms with E-state index >= 15 is 0 Å². The van der Waals surface area contributed by atoms with Crippen LogP contribution in [0.25, 0.3) is 0 Å². The van der Waals surface area contributed by atoms with Crippen molar-refractivity contribution >= 4 is 23.6 Å². The molecule has 0 aromatic carbocycles. The van der Waals surface area contributed by atoms with Crippen molar-refractivity contribution in [3.05, 3.63) is 0 Å². The molecule has 1 amide bonds. The topological polar surface area (TPSA) is 66.4 Å². The molecule has 98 valence electrons. The van der Waals surface area contributed by atoms with E-state index in [0.717, 1.165) is 18.6 Å². The van der Waals surface area contributed by atoms with Crippen molar-refractivity contribution in [1.82, 2.24) is 5.32 Å². The summed E-state index contributed by atoms with van der Waals surface area (Å²) in [7, 11) is 0. The summed E-state index contributed by atoms with van der Waals surface area (Å²) in [4.78, 5) is 22.6. The predicted octanol–water partition coefficient (Wildman–Crippen LogP) is 1.89. The first-order valence-corrected chi connectivity index (χ1v) is 7.54. The maximum Gasteiger partial charge on any atom is 0.326 e. The minimum Gasteiger partial charge on any atom is -0.480 e. The van der Waals surface area contributed by atoms with E-state index in [9.17, 15) is 9.59 Å². The Kier molecular flexibility index (Phi) is 6.40. The van der Waals surface area contributed by atoms with Crippen molar-refractivity contribution < 1.29 is 14.7 Å². The first kappa shape index (κ1) is 14.4. The Morgan fingerprint density at radius 3 is 2.59 bits per heavy atom. The summed E-state index contributed by atoms with van der Waals surface area (Å²) in [6.07, 6.45) is 7.53. The quantitative estimate of drug-likeness (QED) is 0.732. The number of rotatable bonds is 7.